The zero-order chi connectivity index (χ0) is 17.9. The Morgan fingerprint density at radius 2 is 1.86 bits per heavy atom. The Hall–Kier alpha value is -1.82. The van der Waals surface area contributed by atoms with E-state index in [-0.39, 0.29) is 54.7 Å². The van der Waals surface area contributed by atoms with E-state index in [1.165, 1.54) is 5.56 Å². The first kappa shape index (κ1) is 22.5. The number of nitrogens with zero attached hydrogens (tertiary/aromatic N) is 1. The van der Waals surface area contributed by atoms with Crippen LogP contribution in [0.25, 0.3) is 0 Å². The average Bonchev–Trinajstić information content (AvgIpc) is 3.12. The van der Waals surface area contributed by atoms with E-state index in [4.69, 9.17) is 4.74 Å². The van der Waals surface area contributed by atoms with Crippen LogP contribution in [0.3, 0.4) is 0 Å². The molecule has 1 aliphatic heterocycles. The van der Waals surface area contributed by atoms with Gasteiger partial charge in [-0.25, -0.2) is 0 Å². The van der Waals surface area contributed by atoms with E-state index in [0.29, 0.717) is 0 Å². The standard InChI is InChI=1S/C21H25N3O2.2ClH/c1-14-7-8-17(11-23-14)26-18-9-16(10-18)24-21(25)20-13-22-12-19(20)15-5-3-2-4-6-15;;/h2-8,11,16,18-20,22H,9-10,12-13H2,1H3,(H,24,25);2*1H/t16?,18?,19-,20+;;/m0../s1. The fourth-order valence-corrected chi connectivity index (χ4v) is 3.81. The summed E-state index contributed by atoms with van der Waals surface area (Å²) in [6.07, 6.45) is 3.64. The summed E-state index contributed by atoms with van der Waals surface area (Å²) < 4.78 is 5.91. The number of ether oxygens (including phenoxy) is 1. The number of aryl methyl sites for hydroxylation is 1. The maximum Gasteiger partial charge on any atom is 0.225 e. The number of halogens is 2. The molecule has 0 spiro atoms. The second kappa shape index (κ2) is 10.1. The van der Waals surface area contributed by atoms with Crippen molar-refractivity contribution < 1.29 is 9.53 Å². The summed E-state index contributed by atoms with van der Waals surface area (Å²) in [5.41, 5.74) is 2.22. The molecule has 1 aromatic carbocycles. The largest absolute Gasteiger partial charge is 0.489 e. The molecule has 2 aromatic rings. The highest BCUT2D eigenvalue weighted by Gasteiger charge is 2.38. The zero-order valence-corrected chi connectivity index (χ0v) is 17.5. The summed E-state index contributed by atoms with van der Waals surface area (Å²) >= 11 is 0. The van der Waals surface area contributed by atoms with Crippen molar-refractivity contribution in [2.75, 3.05) is 13.1 Å². The minimum absolute atomic E-state index is 0. The van der Waals surface area contributed by atoms with Gasteiger partial charge in [-0.1, -0.05) is 30.3 Å². The molecular formula is C21H27Cl2N3O2. The van der Waals surface area contributed by atoms with Gasteiger partial charge in [0, 0.05) is 43.6 Å². The summed E-state index contributed by atoms with van der Waals surface area (Å²) in [5.74, 6) is 1.21. The molecule has 1 saturated heterocycles. The molecule has 1 saturated carbocycles. The number of amides is 1. The summed E-state index contributed by atoms with van der Waals surface area (Å²) in [6, 6.07) is 14.4. The first-order valence-corrected chi connectivity index (χ1v) is 9.34. The first-order chi connectivity index (χ1) is 12.7. The van der Waals surface area contributed by atoms with Crippen LogP contribution in [0.2, 0.25) is 0 Å². The van der Waals surface area contributed by atoms with Crippen LogP contribution in [0.1, 0.15) is 30.0 Å². The highest BCUT2D eigenvalue weighted by molar-refractivity contribution is 5.85. The van der Waals surface area contributed by atoms with Crippen LogP contribution in [0.15, 0.2) is 48.7 Å². The smallest absolute Gasteiger partial charge is 0.225 e. The Balaban J connectivity index is 0.00000140. The van der Waals surface area contributed by atoms with E-state index in [1.807, 2.05) is 37.3 Å². The summed E-state index contributed by atoms with van der Waals surface area (Å²) in [7, 11) is 0. The van der Waals surface area contributed by atoms with E-state index < -0.39 is 0 Å². The van der Waals surface area contributed by atoms with Crippen LogP contribution < -0.4 is 15.4 Å². The number of hydrogen-bond acceptors (Lipinski definition) is 4. The van der Waals surface area contributed by atoms with Crippen LogP contribution in [-0.2, 0) is 4.79 Å². The fourth-order valence-electron chi connectivity index (χ4n) is 3.81. The number of rotatable bonds is 5. The number of pyridine rings is 1. The van der Waals surface area contributed by atoms with Gasteiger partial charge in [-0.3, -0.25) is 9.78 Å². The van der Waals surface area contributed by atoms with Gasteiger partial charge in [0.25, 0.3) is 0 Å². The molecule has 1 amide bonds. The molecular weight excluding hydrogens is 397 g/mol. The van der Waals surface area contributed by atoms with Gasteiger partial charge in [0.1, 0.15) is 11.9 Å². The monoisotopic (exact) mass is 423 g/mol. The number of hydrogen-bond donors (Lipinski definition) is 2. The summed E-state index contributed by atoms with van der Waals surface area (Å²) in [6.45, 7) is 3.56. The topological polar surface area (TPSA) is 63.2 Å². The quantitative estimate of drug-likeness (QED) is 0.774. The van der Waals surface area contributed by atoms with Crippen molar-refractivity contribution in [1.29, 1.82) is 0 Å². The van der Waals surface area contributed by atoms with Crippen LogP contribution in [0, 0.1) is 12.8 Å². The first-order valence-electron chi connectivity index (χ1n) is 9.34. The lowest BCUT2D eigenvalue weighted by atomic mass is 9.85. The molecule has 0 radical (unpaired) electrons. The third kappa shape index (κ3) is 5.16. The molecule has 28 heavy (non-hydrogen) atoms. The lowest BCUT2D eigenvalue weighted by molar-refractivity contribution is -0.126. The van der Waals surface area contributed by atoms with Gasteiger partial charge in [-0.15, -0.1) is 24.8 Å². The van der Waals surface area contributed by atoms with Crippen molar-refractivity contribution in [3.63, 3.8) is 0 Å². The molecule has 2 heterocycles. The van der Waals surface area contributed by atoms with Crippen molar-refractivity contribution in [2.45, 2.75) is 37.8 Å². The fraction of sp³-hybridized carbons (Fsp3) is 0.429. The molecule has 1 aromatic heterocycles. The zero-order valence-electron chi connectivity index (χ0n) is 15.8. The normalized spacial score (nSPS) is 25.6. The van der Waals surface area contributed by atoms with Gasteiger partial charge in [0.2, 0.25) is 5.91 Å². The van der Waals surface area contributed by atoms with Crippen molar-refractivity contribution >= 4 is 30.7 Å². The number of carbonyl (C=O) groups is 1. The SMILES string of the molecule is Cc1ccc(OC2CC(NC(=O)[C@@H]3CNC[C@H]3c3ccccc3)C2)cn1.Cl.Cl. The lowest BCUT2D eigenvalue weighted by Gasteiger charge is -2.36. The van der Waals surface area contributed by atoms with Crippen LogP contribution in [0.5, 0.6) is 5.75 Å². The van der Waals surface area contributed by atoms with E-state index in [0.717, 1.165) is 37.4 Å². The molecule has 0 bridgehead atoms. The van der Waals surface area contributed by atoms with E-state index >= 15 is 0 Å². The van der Waals surface area contributed by atoms with Crippen molar-refractivity contribution in [2.24, 2.45) is 5.92 Å². The predicted molar refractivity (Wildman–Crippen MR) is 115 cm³/mol. The van der Waals surface area contributed by atoms with E-state index in [1.54, 1.807) is 6.20 Å². The maximum atomic E-state index is 12.7. The second-order valence-electron chi connectivity index (χ2n) is 7.33. The maximum absolute atomic E-state index is 12.7. The third-order valence-corrected chi connectivity index (χ3v) is 5.41. The number of aromatic nitrogens is 1. The molecule has 2 atom stereocenters. The molecule has 2 N–H and O–H groups in total. The van der Waals surface area contributed by atoms with Crippen LogP contribution >= 0.6 is 24.8 Å². The Labute approximate surface area is 178 Å². The van der Waals surface area contributed by atoms with Gasteiger partial charge in [0.15, 0.2) is 0 Å². The molecule has 2 aliphatic rings. The predicted octanol–water partition coefficient (Wildman–Crippen LogP) is 3.26. The molecule has 152 valence electrons. The summed E-state index contributed by atoms with van der Waals surface area (Å²) in [5, 5.41) is 6.57. The highest BCUT2D eigenvalue weighted by atomic mass is 35.5. The minimum atomic E-state index is -0.00123. The molecule has 0 unspecified atom stereocenters. The van der Waals surface area contributed by atoms with Gasteiger partial charge in [-0.2, -0.15) is 0 Å². The second-order valence-corrected chi connectivity index (χ2v) is 7.33. The van der Waals surface area contributed by atoms with Gasteiger partial charge >= 0.3 is 0 Å². The highest BCUT2D eigenvalue weighted by Crippen LogP contribution is 2.30. The molecule has 1 aliphatic carbocycles. The molecule has 7 heteroatoms. The Morgan fingerprint density at radius 1 is 1.11 bits per heavy atom. The van der Waals surface area contributed by atoms with Crippen molar-refractivity contribution in [1.82, 2.24) is 15.6 Å². The van der Waals surface area contributed by atoms with Crippen LogP contribution in [0.4, 0.5) is 0 Å². The summed E-state index contributed by atoms with van der Waals surface area (Å²) in [4.78, 5) is 17.0. The van der Waals surface area contributed by atoms with E-state index in [2.05, 4.69) is 27.8 Å². The Morgan fingerprint density at radius 3 is 2.54 bits per heavy atom. The van der Waals surface area contributed by atoms with Crippen molar-refractivity contribution in [3.05, 3.63) is 59.9 Å². The van der Waals surface area contributed by atoms with Gasteiger partial charge < -0.3 is 15.4 Å². The van der Waals surface area contributed by atoms with Crippen molar-refractivity contribution in [3.8, 4) is 5.75 Å². The molecule has 2 fully saturated rings. The number of benzene rings is 1. The van der Waals surface area contributed by atoms with E-state index in [9.17, 15) is 4.79 Å². The molecule has 5 nitrogen and oxygen atoms in total. The minimum Gasteiger partial charge on any atom is -0.489 e. The van der Waals surface area contributed by atoms with Gasteiger partial charge in [0.05, 0.1) is 12.1 Å². The number of nitrogens with one attached hydrogen (secondary N) is 2. The Kier molecular flexibility index (Phi) is 8.10. The van der Waals surface area contributed by atoms with Gasteiger partial charge in [-0.05, 0) is 24.6 Å². The lowest BCUT2D eigenvalue weighted by Crippen LogP contribution is -2.51. The Bertz CT molecular complexity index is 752. The molecule has 4 rings (SSSR count). The van der Waals surface area contributed by atoms with Crippen LogP contribution in [-0.4, -0.2) is 36.1 Å². The third-order valence-electron chi connectivity index (χ3n) is 5.41. The average molecular weight is 424 g/mol. The number of carbonyl (C=O) groups excluding carboxylic acids is 1.